The summed E-state index contributed by atoms with van der Waals surface area (Å²) in [5.74, 6) is 1.37. The van der Waals surface area contributed by atoms with Gasteiger partial charge < -0.3 is 10.5 Å². The van der Waals surface area contributed by atoms with E-state index in [-0.39, 0.29) is 6.04 Å². The molecular formula is C13H22N2O. The quantitative estimate of drug-likeness (QED) is 0.804. The Labute approximate surface area is 98.0 Å². The first-order chi connectivity index (χ1) is 7.61. The Morgan fingerprint density at radius 3 is 2.56 bits per heavy atom. The summed E-state index contributed by atoms with van der Waals surface area (Å²) in [6.45, 7) is 4.45. The number of pyridine rings is 1. The largest absolute Gasteiger partial charge is 0.481 e. The minimum Gasteiger partial charge on any atom is -0.481 e. The number of nitrogens with zero attached hydrogens (tertiary/aromatic N) is 1. The molecule has 3 heteroatoms. The Hall–Kier alpha value is -1.09. The number of ether oxygens (including phenoxy) is 1. The molecule has 0 saturated heterocycles. The van der Waals surface area contributed by atoms with Crippen molar-refractivity contribution in [3.8, 4) is 5.88 Å². The van der Waals surface area contributed by atoms with Crippen molar-refractivity contribution in [2.45, 2.75) is 39.2 Å². The van der Waals surface area contributed by atoms with E-state index in [0.717, 1.165) is 18.8 Å². The van der Waals surface area contributed by atoms with Crippen molar-refractivity contribution in [3.63, 3.8) is 0 Å². The molecule has 1 atom stereocenters. The molecule has 3 nitrogen and oxygen atoms in total. The molecule has 1 rings (SSSR count). The van der Waals surface area contributed by atoms with Crippen molar-refractivity contribution in [2.24, 2.45) is 11.7 Å². The molecule has 1 unspecified atom stereocenters. The first kappa shape index (κ1) is 13.0. The lowest BCUT2D eigenvalue weighted by Crippen LogP contribution is -2.23. The Balaban J connectivity index is 2.40. The van der Waals surface area contributed by atoms with Gasteiger partial charge in [0.25, 0.3) is 0 Å². The van der Waals surface area contributed by atoms with Gasteiger partial charge in [0.05, 0.1) is 7.11 Å². The molecule has 0 aliphatic rings. The van der Waals surface area contributed by atoms with Crippen LogP contribution in [0, 0.1) is 5.92 Å². The lowest BCUT2D eigenvalue weighted by molar-refractivity contribution is 0.397. The fourth-order valence-corrected chi connectivity index (χ4v) is 1.60. The van der Waals surface area contributed by atoms with Gasteiger partial charge in [-0.1, -0.05) is 19.9 Å². The summed E-state index contributed by atoms with van der Waals surface area (Å²) in [4.78, 5) is 4.17. The summed E-state index contributed by atoms with van der Waals surface area (Å²) in [5.41, 5.74) is 7.24. The van der Waals surface area contributed by atoms with Crippen LogP contribution in [-0.4, -0.2) is 18.1 Å². The molecule has 1 aromatic heterocycles. The van der Waals surface area contributed by atoms with E-state index in [1.54, 1.807) is 7.11 Å². The van der Waals surface area contributed by atoms with Gasteiger partial charge in [0.15, 0.2) is 0 Å². The Kier molecular flexibility index (Phi) is 5.26. The fraction of sp³-hybridized carbons (Fsp3) is 0.615. The van der Waals surface area contributed by atoms with Crippen molar-refractivity contribution in [3.05, 3.63) is 23.9 Å². The van der Waals surface area contributed by atoms with Crippen molar-refractivity contribution in [1.82, 2.24) is 4.98 Å². The smallest absolute Gasteiger partial charge is 0.212 e. The molecule has 1 aromatic rings. The molecule has 90 valence electrons. The summed E-state index contributed by atoms with van der Waals surface area (Å²) in [6, 6.07) is 4.14. The van der Waals surface area contributed by atoms with Crippen LogP contribution in [-0.2, 0) is 6.42 Å². The SMILES string of the molecule is COc1ccc(CC(N)CCC(C)C)cn1. The number of methoxy groups -OCH3 is 1. The second-order valence-electron chi connectivity index (χ2n) is 4.64. The Morgan fingerprint density at radius 2 is 2.06 bits per heavy atom. The van der Waals surface area contributed by atoms with Crippen molar-refractivity contribution >= 4 is 0 Å². The Morgan fingerprint density at radius 1 is 1.31 bits per heavy atom. The maximum atomic E-state index is 6.07. The van der Waals surface area contributed by atoms with Crippen LogP contribution in [0.15, 0.2) is 18.3 Å². The first-order valence-electron chi connectivity index (χ1n) is 5.86. The monoisotopic (exact) mass is 222 g/mol. The lowest BCUT2D eigenvalue weighted by Gasteiger charge is -2.13. The molecule has 0 fully saturated rings. The van der Waals surface area contributed by atoms with Gasteiger partial charge >= 0.3 is 0 Å². The number of hydrogen-bond acceptors (Lipinski definition) is 3. The molecule has 16 heavy (non-hydrogen) atoms. The van der Waals surface area contributed by atoms with Crippen molar-refractivity contribution < 1.29 is 4.74 Å². The molecule has 2 N–H and O–H groups in total. The topological polar surface area (TPSA) is 48.1 Å². The molecule has 0 aromatic carbocycles. The molecule has 0 radical (unpaired) electrons. The predicted molar refractivity (Wildman–Crippen MR) is 66.5 cm³/mol. The van der Waals surface area contributed by atoms with Crippen LogP contribution in [0.4, 0.5) is 0 Å². The van der Waals surface area contributed by atoms with Gasteiger partial charge in [-0.2, -0.15) is 0 Å². The molecule has 0 saturated carbocycles. The standard InChI is InChI=1S/C13H22N2O/c1-10(2)4-6-12(14)8-11-5-7-13(16-3)15-9-11/h5,7,9-10,12H,4,6,8,14H2,1-3H3. The maximum absolute atomic E-state index is 6.07. The second-order valence-corrected chi connectivity index (χ2v) is 4.64. The lowest BCUT2D eigenvalue weighted by atomic mass is 9.99. The van der Waals surface area contributed by atoms with E-state index in [0.29, 0.717) is 5.88 Å². The minimum atomic E-state index is 0.234. The number of nitrogens with two attached hydrogens (primary N) is 1. The second kappa shape index (κ2) is 6.48. The predicted octanol–water partition coefficient (Wildman–Crippen LogP) is 2.40. The highest BCUT2D eigenvalue weighted by atomic mass is 16.5. The zero-order valence-electron chi connectivity index (χ0n) is 10.4. The first-order valence-corrected chi connectivity index (χ1v) is 5.86. The van der Waals surface area contributed by atoms with Gasteiger partial charge in [-0.3, -0.25) is 0 Å². The van der Waals surface area contributed by atoms with Crippen LogP contribution in [0.2, 0.25) is 0 Å². The van der Waals surface area contributed by atoms with Gasteiger partial charge in [0.1, 0.15) is 0 Å². The third-order valence-electron chi connectivity index (χ3n) is 2.62. The van der Waals surface area contributed by atoms with Gasteiger partial charge in [0, 0.05) is 18.3 Å². The van der Waals surface area contributed by atoms with Crippen LogP contribution >= 0.6 is 0 Å². The molecule has 0 aliphatic carbocycles. The van der Waals surface area contributed by atoms with Crippen molar-refractivity contribution in [2.75, 3.05) is 7.11 Å². The van der Waals surface area contributed by atoms with E-state index in [1.165, 1.54) is 12.0 Å². The van der Waals surface area contributed by atoms with E-state index < -0.39 is 0 Å². The number of hydrogen-bond donors (Lipinski definition) is 1. The zero-order chi connectivity index (χ0) is 12.0. The minimum absolute atomic E-state index is 0.234. The highest BCUT2D eigenvalue weighted by Crippen LogP contribution is 2.11. The average molecular weight is 222 g/mol. The summed E-state index contributed by atoms with van der Waals surface area (Å²) < 4.78 is 5.01. The van der Waals surface area contributed by atoms with E-state index >= 15 is 0 Å². The third-order valence-corrected chi connectivity index (χ3v) is 2.62. The van der Waals surface area contributed by atoms with Crippen LogP contribution in [0.1, 0.15) is 32.3 Å². The normalized spacial score (nSPS) is 12.8. The fourth-order valence-electron chi connectivity index (χ4n) is 1.60. The van der Waals surface area contributed by atoms with E-state index in [2.05, 4.69) is 18.8 Å². The molecule has 0 bridgehead atoms. The summed E-state index contributed by atoms with van der Waals surface area (Å²) in [7, 11) is 1.62. The van der Waals surface area contributed by atoms with E-state index in [1.807, 2.05) is 18.3 Å². The van der Waals surface area contributed by atoms with Crippen LogP contribution in [0.25, 0.3) is 0 Å². The zero-order valence-corrected chi connectivity index (χ0v) is 10.4. The summed E-state index contributed by atoms with van der Waals surface area (Å²) >= 11 is 0. The highest BCUT2D eigenvalue weighted by Gasteiger charge is 2.06. The van der Waals surface area contributed by atoms with E-state index in [4.69, 9.17) is 10.5 Å². The van der Waals surface area contributed by atoms with Crippen LogP contribution < -0.4 is 10.5 Å². The third kappa shape index (κ3) is 4.62. The Bertz CT molecular complexity index is 295. The summed E-state index contributed by atoms with van der Waals surface area (Å²) in [6.07, 6.45) is 4.99. The molecule has 0 spiro atoms. The van der Waals surface area contributed by atoms with Gasteiger partial charge in [0.2, 0.25) is 5.88 Å². The van der Waals surface area contributed by atoms with Crippen molar-refractivity contribution in [1.29, 1.82) is 0 Å². The van der Waals surface area contributed by atoms with Gasteiger partial charge in [-0.15, -0.1) is 0 Å². The van der Waals surface area contributed by atoms with Crippen LogP contribution in [0.3, 0.4) is 0 Å². The molecule has 0 amide bonds. The summed E-state index contributed by atoms with van der Waals surface area (Å²) in [5, 5.41) is 0. The number of rotatable bonds is 6. The van der Waals surface area contributed by atoms with Gasteiger partial charge in [-0.25, -0.2) is 4.98 Å². The average Bonchev–Trinajstić information content (AvgIpc) is 2.27. The molecule has 1 heterocycles. The maximum Gasteiger partial charge on any atom is 0.212 e. The van der Waals surface area contributed by atoms with E-state index in [9.17, 15) is 0 Å². The molecule has 0 aliphatic heterocycles. The van der Waals surface area contributed by atoms with Gasteiger partial charge in [-0.05, 0) is 30.7 Å². The van der Waals surface area contributed by atoms with Crippen LogP contribution in [0.5, 0.6) is 5.88 Å². The highest BCUT2D eigenvalue weighted by molar-refractivity contribution is 5.18. The number of aromatic nitrogens is 1. The molecular weight excluding hydrogens is 200 g/mol.